The molecule has 2 amide bonds. The zero-order valence-corrected chi connectivity index (χ0v) is 9.60. The van der Waals surface area contributed by atoms with Crippen LogP contribution in [0, 0.1) is 11.3 Å². The number of nitrogens with one attached hydrogen (secondary N) is 3. The van der Waals surface area contributed by atoms with Crippen molar-refractivity contribution in [1.29, 1.82) is 5.26 Å². The first-order chi connectivity index (χ1) is 8.78. The van der Waals surface area contributed by atoms with Gasteiger partial charge in [-0.15, -0.1) is 0 Å². The number of aromatic amines is 1. The van der Waals surface area contributed by atoms with Gasteiger partial charge in [-0.2, -0.15) is 5.26 Å². The number of carbonyl (C=O) groups is 1. The number of hydrogen-bond donors (Lipinski definition) is 3. The third-order valence-electron chi connectivity index (χ3n) is 2.39. The summed E-state index contributed by atoms with van der Waals surface area (Å²) >= 11 is 0. The fourth-order valence-electron chi connectivity index (χ4n) is 1.45. The summed E-state index contributed by atoms with van der Waals surface area (Å²) in [5.74, 6) is 0. The number of anilines is 1. The van der Waals surface area contributed by atoms with E-state index in [1.54, 1.807) is 30.5 Å². The van der Waals surface area contributed by atoms with Gasteiger partial charge in [0.1, 0.15) is 0 Å². The number of benzene rings is 1. The molecule has 0 atom stereocenters. The van der Waals surface area contributed by atoms with Crippen molar-refractivity contribution in [2.45, 2.75) is 6.54 Å². The molecule has 0 bridgehead atoms. The smallest absolute Gasteiger partial charge is 0.319 e. The Bertz CT molecular complexity index is 552. The van der Waals surface area contributed by atoms with Crippen LogP contribution in [0.1, 0.15) is 11.1 Å². The van der Waals surface area contributed by atoms with E-state index in [1.807, 2.05) is 18.3 Å². The summed E-state index contributed by atoms with van der Waals surface area (Å²) in [5, 5.41) is 14.1. The number of carbonyl (C=O) groups excluding carboxylic acids is 1. The van der Waals surface area contributed by atoms with Crippen molar-refractivity contribution in [1.82, 2.24) is 10.3 Å². The van der Waals surface area contributed by atoms with Crippen molar-refractivity contribution < 1.29 is 4.79 Å². The van der Waals surface area contributed by atoms with E-state index in [4.69, 9.17) is 5.26 Å². The Balaban J connectivity index is 1.85. The van der Waals surface area contributed by atoms with Crippen LogP contribution in [0.2, 0.25) is 0 Å². The molecule has 0 radical (unpaired) electrons. The molecule has 0 aliphatic heterocycles. The molecular formula is C13H12N4O. The monoisotopic (exact) mass is 240 g/mol. The molecule has 2 rings (SSSR count). The van der Waals surface area contributed by atoms with E-state index < -0.39 is 0 Å². The average Bonchev–Trinajstić information content (AvgIpc) is 2.90. The van der Waals surface area contributed by atoms with Crippen LogP contribution in [0.15, 0.2) is 42.7 Å². The van der Waals surface area contributed by atoms with Crippen LogP contribution in [0.4, 0.5) is 10.5 Å². The van der Waals surface area contributed by atoms with Crippen molar-refractivity contribution in [3.63, 3.8) is 0 Å². The predicted molar refractivity (Wildman–Crippen MR) is 67.8 cm³/mol. The van der Waals surface area contributed by atoms with Crippen molar-refractivity contribution in [2.24, 2.45) is 0 Å². The molecule has 0 saturated carbocycles. The molecule has 1 heterocycles. The number of hydrogen-bond acceptors (Lipinski definition) is 2. The summed E-state index contributed by atoms with van der Waals surface area (Å²) in [4.78, 5) is 14.5. The lowest BCUT2D eigenvalue weighted by molar-refractivity contribution is 0.252. The van der Waals surface area contributed by atoms with E-state index in [1.165, 1.54) is 0 Å². The van der Waals surface area contributed by atoms with Crippen molar-refractivity contribution >= 4 is 11.7 Å². The van der Waals surface area contributed by atoms with E-state index >= 15 is 0 Å². The van der Waals surface area contributed by atoms with Gasteiger partial charge in [0.05, 0.1) is 11.6 Å². The largest absolute Gasteiger partial charge is 0.367 e. The van der Waals surface area contributed by atoms with Gasteiger partial charge in [-0.1, -0.05) is 0 Å². The lowest BCUT2D eigenvalue weighted by Gasteiger charge is -2.06. The maximum atomic E-state index is 11.6. The number of rotatable bonds is 3. The molecule has 0 saturated heterocycles. The number of aromatic nitrogens is 1. The van der Waals surface area contributed by atoms with Gasteiger partial charge in [0, 0.05) is 24.6 Å². The minimum atomic E-state index is -0.277. The molecule has 18 heavy (non-hydrogen) atoms. The molecular weight excluding hydrogens is 228 g/mol. The Hall–Kier alpha value is -2.74. The molecule has 0 aliphatic rings. The number of H-pyrrole nitrogens is 1. The highest BCUT2D eigenvalue weighted by Gasteiger charge is 2.01. The molecule has 3 N–H and O–H groups in total. The Morgan fingerprint density at radius 3 is 2.67 bits per heavy atom. The molecule has 0 aliphatic carbocycles. The minimum Gasteiger partial charge on any atom is -0.367 e. The highest BCUT2D eigenvalue weighted by Crippen LogP contribution is 2.08. The van der Waals surface area contributed by atoms with Crippen LogP contribution in [-0.2, 0) is 6.54 Å². The van der Waals surface area contributed by atoms with E-state index in [0.717, 1.165) is 5.56 Å². The summed E-state index contributed by atoms with van der Waals surface area (Å²) in [7, 11) is 0. The standard InChI is InChI=1S/C13H12N4O/c14-7-10-1-3-12(4-2-10)17-13(18)16-9-11-5-6-15-8-11/h1-6,8,15H,9H2,(H2,16,17,18). The molecule has 0 unspecified atom stereocenters. The molecule has 1 aromatic carbocycles. The van der Waals surface area contributed by atoms with Gasteiger partial charge in [-0.05, 0) is 35.9 Å². The predicted octanol–water partition coefficient (Wildman–Crippen LogP) is 2.21. The third kappa shape index (κ3) is 3.12. The molecule has 5 nitrogen and oxygen atoms in total. The highest BCUT2D eigenvalue weighted by atomic mass is 16.2. The first-order valence-electron chi connectivity index (χ1n) is 5.44. The van der Waals surface area contributed by atoms with Crippen LogP contribution in [0.5, 0.6) is 0 Å². The summed E-state index contributed by atoms with van der Waals surface area (Å²) < 4.78 is 0. The van der Waals surface area contributed by atoms with Crippen LogP contribution in [0.3, 0.4) is 0 Å². The van der Waals surface area contributed by atoms with Gasteiger partial charge in [0.2, 0.25) is 0 Å². The maximum Gasteiger partial charge on any atom is 0.319 e. The van der Waals surface area contributed by atoms with Crippen LogP contribution in [0.25, 0.3) is 0 Å². The molecule has 0 spiro atoms. The van der Waals surface area contributed by atoms with Gasteiger partial charge in [0.25, 0.3) is 0 Å². The van der Waals surface area contributed by atoms with Crippen molar-refractivity contribution in [3.8, 4) is 6.07 Å². The second kappa shape index (κ2) is 5.55. The van der Waals surface area contributed by atoms with E-state index in [9.17, 15) is 4.79 Å². The third-order valence-corrected chi connectivity index (χ3v) is 2.39. The number of nitriles is 1. The summed E-state index contributed by atoms with van der Waals surface area (Å²) in [6, 6.07) is 10.3. The quantitative estimate of drug-likeness (QED) is 0.768. The van der Waals surface area contributed by atoms with Gasteiger partial charge >= 0.3 is 6.03 Å². The van der Waals surface area contributed by atoms with E-state index in [0.29, 0.717) is 17.8 Å². The van der Waals surface area contributed by atoms with E-state index in [-0.39, 0.29) is 6.03 Å². The first kappa shape index (κ1) is 11.7. The Morgan fingerprint density at radius 2 is 2.06 bits per heavy atom. The summed E-state index contributed by atoms with van der Waals surface area (Å²) in [6.07, 6.45) is 3.62. The second-order valence-corrected chi connectivity index (χ2v) is 3.72. The lowest BCUT2D eigenvalue weighted by Crippen LogP contribution is -2.27. The highest BCUT2D eigenvalue weighted by molar-refractivity contribution is 5.89. The molecule has 5 heteroatoms. The van der Waals surface area contributed by atoms with Crippen molar-refractivity contribution in [3.05, 3.63) is 53.9 Å². The summed E-state index contributed by atoms with van der Waals surface area (Å²) in [6.45, 7) is 0.464. The molecule has 0 fully saturated rings. The first-order valence-corrected chi connectivity index (χ1v) is 5.44. The second-order valence-electron chi connectivity index (χ2n) is 3.72. The average molecular weight is 240 g/mol. The number of urea groups is 1. The molecule has 90 valence electrons. The van der Waals surface area contributed by atoms with Gasteiger partial charge in [-0.25, -0.2) is 4.79 Å². The Morgan fingerprint density at radius 1 is 1.28 bits per heavy atom. The molecule has 1 aromatic heterocycles. The normalized spacial score (nSPS) is 9.50. The molecule has 2 aromatic rings. The SMILES string of the molecule is N#Cc1ccc(NC(=O)NCc2cc[nH]c2)cc1. The number of amides is 2. The zero-order valence-electron chi connectivity index (χ0n) is 9.60. The van der Waals surface area contributed by atoms with Gasteiger partial charge in [0.15, 0.2) is 0 Å². The maximum absolute atomic E-state index is 11.6. The lowest BCUT2D eigenvalue weighted by atomic mass is 10.2. The Kier molecular flexibility index (Phi) is 3.62. The van der Waals surface area contributed by atoms with Crippen LogP contribution >= 0.6 is 0 Å². The Labute approximate surface area is 104 Å². The van der Waals surface area contributed by atoms with Crippen LogP contribution in [-0.4, -0.2) is 11.0 Å². The van der Waals surface area contributed by atoms with Gasteiger partial charge < -0.3 is 15.6 Å². The number of nitrogens with zero attached hydrogens (tertiary/aromatic N) is 1. The fraction of sp³-hybridized carbons (Fsp3) is 0.0769. The zero-order chi connectivity index (χ0) is 12.8. The van der Waals surface area contributed by atoms with Crippen molar-refractivity contribution in [2.75, 3.05) is 5.32 Å². The van der Waals surface area contributed by atoms with E-state index in [2.05, 4.69) is 15.6 Å². The fourth-order valence-corrected chi connectivity index (χ4v) is 1.45. The minimum absolute atomic E-state index is 0.277. The summed E-state index contributed by atoms with van der Waals surface area (Å²) in [5.41, 5.74) is 2.22. The van der Waals surface area contributed by atoms with Gasteiger partial charge in [-0.3, -0.25) is 0 Å². The topological polar surface area (TPSA) is 80.7 Å². The van der Waals surface area contributed by atoms with Crippen LogP contribution < -0.4 is 10.6 Å².